The number of nitrogens with zero attached hydrogens (tertiary/aromatic N) is 2. The molecule has 1 aromatic heterocycles. The summed E-state index contributed by atoms with van der Waals surface area (Å²) in [6, 6.07) is 3.95. The van der Waals surface area contributed by atoms with E-state index in [1.165, 1.54) is 19.3 Å². The number of hydrogen-bond donors (Lipinski definition) is 1. The van der Waals surface area contributed by atoms with Crippen LogP contribution in [0.5, 0.6) is 0 Å². The second kappa shape index (κ2) is 3.46. The molecule has 4 nitrogen and oxygen atoms in total. The molecular weight excluding hydrogens is 226 g/mol. The van der Waals surface area contributed by atoms with Crippen LogP contribution >= 0.6 is 0 Å². The van der Waals surface area contributed by atoms with Gasteiger partial charge in [0.25, 0.3) is 0 Å². The quantitative estimate of drug-likeness (QED) is 0.757. The van der Waals surface area contributed by atoms with Gasteiger partial charge in [-0.1, -0.05) is 6.42 Å². The van der Waals surface area contributed by atoms with E-state index in [1.807, 2.05) is 19.1 Å². The molecule has 1 saturated carbocycles. The maximum atomic E-state index is 12.3. The molecule has 4 rings (SSSR count). The van der Waals surface area contributed by atoms with Crippen molar-refractivity contribution in [3.8, 4) is 0 Å². The molecule has 18 heavy (non-hydrogen) atoms. The van der Waals surface area contributed by atoms with Gasteiger partial charge >= 0.3 is 0 Å². The lowest BCUT2D eigenvalue weighted by Gasteiger charge is -2.34. The Bertz CT molecular complexity index is 528. The SMILES string of the molecule is Cc1ccc2c(n1)N1CC3CCCC3C1C(=O)N2. The Morgan fingerprint density at radius 3 is 3.17 bits per heavy atom. The van der Waals surface area contributed by atoms with Crippen molar-refractivity contribution in [2.24, 2.45) is 11.8 Å². The highest BCUT2D eigenvalue weighted by atomic mass is 16.2. The molecule has 3 aliphatic rings. The van der Waals surface area contributed by atoms with Crippen molar-refractivity contribution < 1.29 is 4.79 Å². The number of aryl methyl sites for hydroxylation is 1. The fourth-order valence-corrected chi connectivity index (χ4v) is 3.93. The molecule has 0 aromatic carbocycles. The van der Waals surface area contributed by atoms with Crippen molar-refractivity contribution >= 4 is 17.4 Å². The van der Waals surface area contributed by atoms with Gasteiger partial charge in [0.1, 0.15) is 6.04 Å². The first-order chi connectivity index (χ1) is 8.74. The Morgan fingerprint density at radius 2 is 2.28 bits per heavy atom. The third-order valence-corrected chi connectivity index (χ3v) is 4.70. The monoisotopic (exact) mass is 243 g/mol. The molecule has 0 radical (unpaired) electrons. The van der Waals surface area contributed by atoms with Gasteiger partial charge in [0.15, 0.2) is 5.82 Å². The minimum Gasteiger partial charge on any atom is -0.342 e. The van der Waals surface area contributed by atoms with E-state index in [4.69, 9.17) is 0 Å². The van der Waals surface area contributed by atoms with E-state index in [9.17, 15) is 4.79 Å². The molecule has 1 N–H and O–H groups in total. The molecule has 3 unspecified atom stereocenters. The van der Waals surface area contributed by atoms with Crippen LogP contribution in [-0.4, -0.2) is 23.5 Å². The van der Waals surface area contributed by atoms with Crippen LogP contribution in [0.25, 0.3) is 0 Å². The summed E-state index contributed by atoms with van der Waals surface area (Å²) in [5, 5.41) is 3.03. The third-order valence-electron chi connectivity index (χ3n) is 4.70. The standard InChI is InChI=1S/C14H17N3O/c1-8-5-6-11-13(15-8)17-7-9-3-2-4-10(9)12(17)14(18)16-11/h5-6,9-10,12H,2-4,7H2,1H3,(H,16,18). The van der Waals surface area contributed by atoms with Gasteiger partial charge in [0.2, 0.25) is 5.91 Å². The Morgan fingerprint density at radius 1 is 1.39 bits per heavy atom. The molecule has 2 aliphatic heterocycles. The minimum atomic E-state index is 0.0271. The zero-order chi connectivity index (χ0) is 12.3. The number of carbonyl (C=O) groups is 1. The Balaban J connectivity index is 1.81. The lowest BCUT2D eigenvalue weighted by atomic mass is 9.93. The number of hydrogen-bond acceptors (Lipinski definition) is 3. The summed E-state index contributed by atoms with van der Waals surface area (Å²) >= 11 is 0. The largest absolute Gasteiger partial charge is 0.342 e. The normalized spacial score (nSPS) is 32.8. The number of amides is 1. The first kappa shape index (κ1) is 10.4. The van der Waals surface area contributed by atoms with Crippen molar-refractivity contribution in [2.45, 2.75) is 32.2 Å². The van der Waals surface area contributed by atoms with Gasteiger partial charge in [-0.2, -0.15) is 0 Å². The highest BCUT2D eigenvalue weighted by molar-refractivity contribution is 6.03. The van der Waals surface area contributed by atoms with Crippen LogP contribution < -0.4 is 10.2 Å². The topological polar surface area (TPSA) is 45.2 Å². The lowest BCUT2D eigenvalue weighted by Crippen LogP contribution is -2.47. The number of anilines is 2. The van der Waals surface area contributed by atoms with E-state index in [2.05, 4.69) is 15.2 Å². The van der Waals surface area contributed by atoms with Gasteiger partial charge in [-0.15, -0.1) is 0 Å². The number of pyridine rings is 1. The van der Waals surface area contributed by atoms with E-state index in [0.717, 1.165) is 23.7 Å². The number of nitrogens with one attached hydrogen (secondary N) is 1. The molecule has 1 amide bonds. The van der Waals surface area contributed by atoms with Gasteiger partial charge in [0, 0.05) is 12.2 Å². The summed E-state index contributed by atoms with van der Waals surface area (Å²) in [7, 11) is 0. The molecule has 1 saturated heterocycles. The van der Waals surface area contributed by atoms with Gasteiger partial charge < -0.3 is 10.2 Å². The summed E-state index contributed by atoms with van der Waals surface area (Å²) < 4.78 is 0. The predicted molar refractivity (Wildman–Crippen MR) is 69.6 cm³/mol. The minimum absolute atomic E-state index is 0.0271. The predicted octanol–water partition coefficient (Wildman–Crippen LogP) is 1.95. The van der Waals surface area contributed by atoms with Crippen LogP contribution in [0.3, 0.4) is 0 Å². The molecule has 1 aromatic rings. The maximum Gasteiger partial charge on any atom is 0.247 e. The van der Waals surface area contributed by atoms with E-state index >= 15 is 0 Å². The van der Waals surface area contributed by atoms with Crippen LogP contribution in [0.4, 0.5) is 11.5 Å². The molecule has 0 bridgehead atoms. The molecular formula is C14H17N3O. The Kier molecular flexibility index (Phi) is 1.99. The number of aromatic nitrogens is 1. The number of rotatable bonds is 0. The van der Waals surface area contributed by atoms with Crippen molar-refractivity contribution in [3.05, 3.63) is 17.8 Å². The zero-order valence-electron chi connectivity index (χ0n) is 10.5. The average molecular weight is 243 g/mol. The van der Waals surface area contributed by atoms with E-state index in [0.29, 0.717) is 11.8 Å². The zero-order valence-corrected chi connectivity index (χ0v) is 10.5. The van der Waals surface area contributed by atoms with Crippen LogP contribution in [0.15, 0.2) is 12.1 Å². The van der Waals surface area contributed by atoms with Gasteiger partial charge in [-0.05, 0) is 43.7 Å². The molecule has 3 heterocycles. The lowest BCUT2D eigenvalue weighted by molar-refractivity contribution is -0.118. The van der Waals surface area contributed by atoms with Crippen molar-refractivity contribution in [2.75, 3.05) is 16.8 Å². The molecule has 4 heteroatoms. The van der Waals surface area contributed by atoms with Crippen LogP contribution in [0.1, 0.15) is 25.0 Å². The Hall–Kier alpha value is -1.58. The molecule has 2 fully saturated rings. The van der Waals surface area contributed by atoms with Crippen LogP contribution in [-0.2, 0) is 4.79 Å². The average Bonchev–Trinajstić information content (AvgIpc) is 2.90. The number of fused-ring (bicyclic) bond motifs is 5. The van der Waals surface area contributed by atoms with E-state index in [-0.39, 0.29) is 11.9 Å². The first-order valence-corrected chi connectivity index (χ1v) is 6.79. The summed E-state index contributed by atoms with van der Waals surface area (Å²) in [6.45, 7) is 3.01. The summed E-state index contributed by atoms with van der Waals surface area (Å²) in [6.07, 6.45) is 3.74. The summed E-state index contributed by atoms with van der Waals surface area (Å²) in [4.78, 5) is 19.2. The number of carbonyl (C=O) groups excluding carboxylic acids is 1. The fraction of sp³-hybridized carbons (Fsp3) is 0.571. The summed E-state index contributed by atoms with van der Waals surface area (Å²) in [5.41, 5.74) is 1.89. The van der Waals surface area contributed by atoms with Gasteiger partial charge in [-0.3, -0.25) is 4.79 Å². The highest BCUT2D eigenvalue weighted by Crippen LogP contribution is 2.47. The van der Waals surface area contributed by atoms with Crippen molar-refractivity contribution in [1.29, 1.82) is 0 Å². The second-order valence-electron chi connectivity index (χ2n) is 5.77. The van der Waals surface area contributed by atoms with E-state index < -0.39 is 0 Å². The fourth-order valence-electron chi connectivity index (χ4n) is 3.93. The van der Waals surface area contributed by atoms with Crippen LogP contribution in [0, 0.1) is 18.8 Å². The molecule has 0 spiro atoms. The maximum absolute atomic E-state index is 12.3. The van der Waals surface area contributed by atoms with Crippen molar-refractivity contribution in [3.63, 3.8) is 0 Å². The third kappa shape index (κ3) is 1.26. The van der Waals surface area contributed by atoms with Crippen LogP contribution in [0.2, 0.25) is 0 Å². The van der Waals surface area contributed by atoms with E-state index in [1.54, 1.807) is 0 Å². The molecule has 94 valence electrons. The van der Waals surface area contributed by atoms with Gasteiger partial charge in [-0.25, -0.2) is 4.98 Å². The molecule has 3 atom stereocenters. The first-order valence-electron chi connectivity index (χ1n) is 6.79. The van der Waals surface area contributed by atoms with Gasteiger partial charge in [0.05, 0.1) is 5.69 Å². The molecule has 1 aliphatic carbocycles. The highest BCUT2D eigenvalue weighted by Gasteiger charge is 2.50. The second-order valence-corrected chi connectivity index (χ2v) is 5.77. The summed E-state index contributed by atoms with van der Waals surface area (Å²) in [5.74, 6) is 2.38. The van der Waals surface area contributed by atoms with Crippen molar-refractivity contribution in [1.82, 2.24) is 4.98 Å². The smallest absolute Gasteiger partial charge is 0.247 e. The Labute approximate surface area is 106 Å².